The van der Waals surface area contributed by atoms with Crippen LogP contribution in [0.3, 0.4) is 0 Å². The molecule has 1 aliphatic heterocycles. The minimum Gasteiger partial charge on any atom is -0.466 e. The normalized spacial score (nSPS) is 27.9. The third kappa shape index (κ3) is 1.38. The van der Waals surface area contributed by atoms with Crippen LogP contribution in [0.25, 0.3) is 0 Å². The molecule has 18 heavy (non-hydrogen) atoms. The third-order valence-electron chi connectivity index (χ3n) is 3.65. The van der Waals surface area contributed by atoms with Crippen LogP contribution in [0.4, 0.5) is 5.69 Å². The smallest absolute Gasteiger partial charge is 0.310 e. The van der Waals surface area contributed by atoms with Gasteiger partial charge in [-0.3, -0.25) is 9.59 Å². The number of anilines is 1. The molecule has 1 saturated carbocycles. The summed E-state index contributed by atoms with van der Waals surface area (Å²) in [7, 11) is 0. The van der Waals surface area contributed by atoms with Crippen LogP contribution >= 0.6 is 11.6 Å². The Bertz CT molecular complexity index is 557. The minimum absolute atomic E-state index is 0.127. The molecule has 1 heterocycles. The SMILES string of the molecule is CCOC(=O)[C@@H]1C[C@@]12C(=O)Nc1ccc(Cl)cc12. The molecule has 0 radical (unpaired) electrons. The molecule has 4 nitrogen and oxygen atoms in total. The van der Waals surface area contributed by atoms with Crippen molar-refractivity contribution >= 4 is 29.2 Å². The van der Waals surface area contributed by atoms with Gasteiger partial charge >= 0.3 is 5.97 Å². The Hall–Kier alpha value is -1.55. The lowest BCUT2D eigenvalue weighted by atomic mass is 9.95. The van der Waals surface area contributed by atoms with Crippen molar-refractivity contribution in [2.24, 2.45) is 5.92 Å². The minimum atomic E-state index is -0.744. The number of hydrogen-bond acceptors (Lipinski definition) is 3. The van der Waals surface area contributed by atoms with Crippen LogP contribution in [0.2, 0.25) is 5.02 Å². The van der Waals surface area contributed by atoms with E-state index in [-0.39, 0.29) is 17.8 Å². The van der Waals surface area contributed by atoms with Gasteiger partial charge in [0.25, 0.3) is 0 Å². The fourth-order valence-corrected chi connectivity index (χ4v) is 2.86. The van der Waals surface area contributed by atoms with Crippen LogP contribution in [0.1, 0.15) is 18.9 Å². The van der Waals surface area contributed by atoms with Crippen molar-refractivity contribution in [2.45, 2.75) is 18.8 Å². The Morgan fingerprint density at radius 3 is 3.11 bits per heavy atom. The first kappa shape index (κ1) is 11.5. The summed E-state index contributed by atoms with van der Waals surface area (Å²) < 4.78 is 4.99. The van der Waals surface area contributed by atoms with E-state index in [4.69, 9.17) is 16.3 Å². The first-order chi connectivity index (χ1) is 8.59. The van der Waals surface area contributed by atoms with Crippen LogP contribution in [0.15, 0.2) is 18.2 Å². The number of halogens is 1. The van der Waals surface area contributed by atoms with Crippen LogP contribution < -0.4 is 5.32 Å². The van der Waals surface area contributed by atoms with E-state index in [2.05, 4.69) is 5.32 Å². The van der Waals surface area contributed by atoms with Crippen molar-refractivity contribution in [3.63, 3.8) is 0 Å². The highest BCUT2D eigenvalue weighted by molar-refractivity contribution is 6.31. The molecule has 1 spiro atoms. The predicted molar refractivity (Wildman–Crippen MR) is 66.5 cm³/mol. The number of amides is 1. The zero-order valence-corrected chi connectivity index (χ0v) is 10.6. The second-order valence-corrected chi connectivity index (χ2v) is 5.06. The molecular weight excluding hydrogens is 254 g/mol. The van der Waals surface area contributed by atoms with Gasteiger partial charge in [-0.2, -0.15) is 0 Å². The number of esters is 1. The number of benzene rings is 1. The van der Waals surface area contributed by atoms with Gasteiger partial charge in [-0.05, 0) is 37.1 Å². The zero-order chi connectivity index (χ0) is 12.9. The number of hydrogen-bond donors (Lipinski definition) is 1. The van der Waals surface area contributed by atoms with Crippen molar-refractivity contribution < 1.29 is 14.3 Å². The number of rotatable bonds is 2. The molecule has 1 N–H and O–H groups in total. The lowest BCUT2D eigenvalue weighted by Gasteiger charge is -2.08. The Kier molecular flexibility index (Phi) is 2.38. The largest absolute Gasteiger partial charge is 0.466 e. The Morgan fingerprint density at radius 2 is 2.39 bits per heavy atom. The van der Waals surface area contributed by atoms with Gasteiger partial charge in [-0.25, -0.2) is 0 Å². The quantitative estimate of drug-likeness (QED) is 0.834. The van der Waals surface area contributed by atoms with E-state index in [9.17, 15) is 9.59 Å². The van der Waals surface area contributed by atoms with E-state index in [1.54, 1.807) is 25.1 Å². The highest BCUT2D eigenvalue weighted by Gasteiger charge is 2.68. The van der Waals surface area contributed by atoms with Gasteiger partial charge in [0.15, 0.2) is 0 Å². The fourth-order valence-electron chi connectivity index (χ4n) is 2.69. The van der Waals surface area contributed by atoms with Crippen molar-refractivity contribution in [1.29, 1.82) is 0 Å². The zero-order valence-electron chi connectivity index (χ0n) is 9.83. The summed E-state index contributed by atoms with van der Waals surface area (Å²) in [4.78, 5) is 23.9. The maximum absolute atomic E-state index is 12.1. The summed E-state index contributed by atoms with van der Waals surface area (Å²) in [6.45, 7) is 2.09. The second kappa shape index (κ2) is 3.72. The summed E-state index contributed by atoms with van der Waals surface area (Å²) >= 11 is 5.96. The summed E-state index contributed by atoms with van der Waals surface area (Å²) in [5, 5.41) is 3.37. The van der Waals surface area contributed by atoms with Crippen LogP contribution in [0.5, 0.6) is 0 Å². The molecule has 1 aliphatic carbocycles. The molecule has 5 heteroatoms. The van der Waals surface area contributed by atoms with E-state index in [1.807, 2.05) is 0 Å². The van der Waals surface area contributed by atoms with Crippen LogP contribution in [-0.4, -0.2) is 18.5 Å². The first-order valence-corrected chi connectivity index (χ1v) is 6.25. The molecule has 3 rings (SSSR count). The highest BCUT2D eigenvalue weighted by Crippen LogP contribution is 2.60. The molecule has 2 aliphatic rings. The molecule has 1 fully saturated rings. The summed E-state index contributed by atoms with van der Waals surface area (Å²) in [6.07, 6.45) is 0.505. The van der Waals surface area contributed by atoms with E-state index in [0.717, 1.165) is 11.3 Å². The topological polar surface area (TPSA) is 55.4 Å². The molecule has 1 aromatic rings. The van der Waals surface area contributed by atoms with Crippen LogP contribution in [0, 0.1) is 5.92 Å². The maximum atomic E-state index is 12.1. The van der Waals surface area contributed by atoms with E-state index in [1.165, 1.54) is 0 Å². The number of carbonyl (C=O) groups is 2. The predicted octanol–water partition coefficient (Wildman–Crippen LogP) is 2.11. The lowest BCUT2D eigenvalue weighted by molar-refractivity contribution is -0.146. The molecule has 1 aromatic carbocycles. The summed E-state index contributed by atoms with van der Waals surface area (Å²) in [6, 6.07) is 5.25. The van der Waals surface area contributed by atoms with Gasteiger partial charge in [-0.15, -0.1) is 0 Å². The maximum Gasteiger partial charge on any atom is 0.310 e. The van der Waals surface area contributed by atoms with Crippen LogP contribution in [-0.2, 0) is 19.7 Å². The highest BCUT2D eigenvalue weighted by atomic mass is 35.5. The van der Waals surface area contributed by atoms with E-state index >= 15 is 0 Å². The molecule has 0 unspecified atom stereocenters. The monoisotopic (exact) mass is 265 g/mol. The van der Waals surface area contributed by atoms with E-state index in [0.29, 0.717) is 18.1 Å². The fraction of sp³-hybridized carbons (Fsp3) is 0.385. The van der Waals surface area contributed by atoms with Gasteiger partial charge in [0.2, 0.25) is 5.91 Å². The average Bonchev–Trinajstić information content (AvgIpc) is 3.02. The molecule has 0 saturated heterocycles. The Labute approximate surface area is 109 Å². The van der Waals surface area contributed by atoms with Gasteiger partial charge in [0.05, 0.1) is 17.9 Å². The lowest BCUT2D eigenvalue weighted by Crippen LogP contribution is -2.25. The summed E-state index contributed by atoms with van der Waals surface area (Å²) in [5.74, 6) is -0.810. The molecule has 2 atom stereocenters. The van der Waals surface area contributed by atoms with Gasteiger partial charge in [0, 0.05) is 10.7 Å². The number of nitrogens with one attached hydrogen (secondary N) is 1. The average molecular weight is 266 g/mol. The molecular formula is C13H12ClNO3. The van der Waals surface area contributed by atoms with Crippen molar-refractivity contribution in [3.05, 3.63) is 28.8 Å². The van der Waals surface area contributed by atoms with E-state index < -0.39 is 5.41 Å². The number of carbonyl (C=O) groups excluding carboxylic acids is 2. The first-order valence-electron chi connectivity index (χ1n) is 5.87. The number of fused-ring (bicyclic) bond motifs is 2. The van der Waals surface area contributed by atoms with Gasteiger partial charge < -0.3 is 10.1 Å². The summed E-state index contributed by atoms with van der Waals surface area (Å²) in [5.41, 5.74) is 0.821. The van der Waals surface area contributed by atoms with Gasteiger partial charge in [-0.1, -0.05) is 11.6 Å². The second-order valence-electron chi connectivity index (χ2n) is 4.62. The Morgan fingerprint density at radius 1 is 1.61 bits per heavy atom. The van der Waals surface area contributed by atoms with Gasteiger partial charge in [0.1, 0.15) is 0 Å². The third-order valence-corrected chi connectivity index (χ3v) is 3.88. The van der Waals surface area contributed by atoms with Crippen molar-refractivity contribution in [1.82, 2.24) is 0 Å². The van der Waals surface area contributed by atoms with Crippen molar-refractivity contribution in [2.75, 3.05) is 11.9 Å². The Balaban J connectivity index is 1.99. The molecule has 0 bridgehead atoms. The van der Waals surface area contributed by atoms with Crippen molar-refractivity contribution in [3.8, 4) is 0 Å². The molecule has 0 aromatic heterocycles. The molecule has 1 amide bonds. The number of ether oxygens (including phenoxy) is 1. The standard InChI is InChI=1S/C13H12ClNO3/c1-2-18-11(16)9-6-13(9)8-5-7(14)3-4-10(8)15-12(13)17/h3-5,9H,2,6H2,1H3,(H,15,17)/t9-,13-/m0/s1. The molecule has 94 valence electrons.